The molecule has 3 rings (SSSR count). The Morgan fingerprint density at radius 2 is 1.79 bits per heavy atom. The van der Waals surface area contributed by atoms with Crippen molar-refractivity contribution in [1.82, 2.24) is 19.7 Å². The van der Waals surface area contributed by atoms with Crippen molar-refractivity contribution in [2.24, 2.45) is 0 Å². The average molecular weight is 323 g/mol. The van der Waals surface area contributed by atoms with Gasteiger partial charge in [-0.05, 0) is 31.0 Å². The molecule has 0 aliphatic heterocycles. The fourth-order valence-corrected chi connectivity index (χ4v) is 2.42. The highest BCUT2D eigenvalue weighted by molar-refractivity contribution is 5.58. The second-order valence-electron chi connectivity index (χ2n) is 5.57. The van der Waals surface area contributed by atoms with Crippen molar-refractivity contribution in [2.75, 3.05) is 5.32 Å². The van der Waals surface area contributed by atoms with Gasteiger partial charge in [-0.15, -0.1) is 0 Å². The molecule has 0 atom stereocenters. The zero-order valence-electron chi connectivity index (χ0n) is 13.9. The van der Waals surface area contributed by atoms with Crippen LogP contribution in [0.4, 0.5) is 5.82 Å². The summed E-state index contributed by atoms with van der Waals surface area (Å²) in [5.41, 5.74) is 3.69. The third-order valence-corrected chi connectivity index (χ3v) is 3.74. The minimum atomic E-state index is 0.0621. The van der Waals surface area contributed by atoms with Crippen LogP contribution in [0.2, 0.25) is 0 Å². The van der Waals surface area contributed by atoms with Gasteiger partial charge in [0.1, 0.15) is 17.3 Å². The number of nitrogens with zero attached hydrogens (tertiary/aromatic N) is 4. The Morgan fingerprint density at radius 3 is 2.46 bits per heavy atom. The second-order valence-corrected chi connectivity index (χ2v) is 5.57. The molecule has 3 aromatic rings. The van der Waals surface area contributed by atoms with Crippen molar-refractivity contribution in [3.8, 4) is 11.4 Å². The van der Waals surface area contributed by atoms with Crippen molar-refractivity contribution in [3.05, 3.63) is 59.5 Å². The Bertz CT molecular complexity index is 811. The van der Waals surface area contributed by atoms with E-state index in [1.54, 1.807) is 0 Å². The maximum Gasteiger partial charge on any atom is 0.130 e. The number of anilines is 1. The molecule has 0 unspecified atom stereocenters. The molecule has 0 fully saturated rings. The van der Waals surface area contributed by atoms with Gasteiger partial charge in [-0.25, -0.2) is 9.97 Å². The van der Waals surface area contributed by atoms with Crippen molar-refractivity contribution >= 4 is 5.82 Å². The van der Waals surface area contributed by atoms with Gasteiger partial charge < -0.3 is 10.4 Å². The van der Waals surface area contributed by atoms with Gasteiger partial charge in [-0.2, -0.15) is 5.10 Å². The van der Waals surface area contributed by atoms with E-state index < -0.39 is 0 Å². The van der Waals surface area contributed by atoms with Crippen molar-refractivity contribution in [1.29, 1.82) is 0 Å². The highest BCUT2D eigenvalue weighted by Gasteiger charge is 2.07. The van der Waals surface area contributed by atoms with E-state index in [4.69, 9.17) is 5.11 Å². The van der Waals surface area contributed by atoms with Crippen LogP contribution >= 0.6 is 0 Å². The van der Waals surface area contributed by atoms with Crippen LogP contribution in [0, 0.1) is 6.92 Å². The largest absolute Gasteiger partial charge is 0.392 e. The van der Waals surface area contributed by atoms with Gasteiger partial charge in [0.15, 0.2) is 0 Å². The molecule has 24 heavy (non-hydrogen) atoms. The van der Waals surface area contributed by atoms with Crippen LogP contribution in [-0.4, -0.2) is 24.9 Å². The van der Waals surface area contributed by atoms with Crippen LogP contribution in [-0.2, 0) is 19.7 Å². The number of hydrogen-bond acceptors (Lipinski definition) is 5. The molecule has 0 spiro atoms. The van der Waals surface area contributed by atoms with Crippen LogP contribution in [0.1, 0.15) is 23.9 Å². The molecule has 124 valence electrons. The van der Waals surface area contributed by atoms with Gasteiger partial charge in [0.2, 0.25) is 0 Å². The number of aliphatic hydroxyl groups is 1. The summed E-state index contributed by atoms with van der Waals surface area (Å²) in [6.07, 6.45) is 1.95. The van der Waals surface area contributed by atoms with Crippen LogP contribution < -0.4 is 5.32 Å². The third-order valence-electron chi connectivity index (χ3n) is 3.74. The van der Waals surface area contributed by atoms with E-state index >= 15 is 0 Å². The number of aryl methyl sites for hydroxylation is 2. The van der Waals surface area contributed by atoms with Gasteiger partial charge in [0, 0.05) is 25.4 Å². The first-order valence-corrected chi connectivity index (χ1v) is 8.00. The maximum absolute atomic E-state index is 9.09. The van der Waals surface area contributed by atoms with E-state index in [0.717, 1.165) is 34.9 Å². The predicted octanol–water partition coefficient (Wildman–Crippen LogP) is 2.77. The fraction of sp³-hybridized carbons (Fsp3) is 0.278. The SMILES string of the molecule is CCn1ccc(-c2cc(NCc3ccc(CO)cc3)nc(C)n2)n1. The molecule has 2 aromatic heterocycles. The van der Waals surface area contributed by atoms with E-state index in [9.17, 15) is 0 Å². The Hall–Kier alpha value is -2.73. The predicted molar refractivity (Wildman–Crippen MR) is 93.4 cm³/mol. The highest BCUT2D eigenvalue weighted by Crippen LogP contribution is 2.18. The molecule has 0 bridgehead atoms. The van der Waals surface area contributed by atoms with Crippen molar-refractivity contribution in [3.63, 3.8) is 0 Å². The summed E-state index contributed by atoms with van der Waals surface area (Å²) in [7, 11) is 0. The molecule has 1 aromatic carbocycles. The highest BCUT2D eigenvalue weighted by atomic mass is 16.3. The normalized spacial score (nSPS) is 10.8. The number of nitrogens with one attached hydrogen (secondary N) is 1. The zero-order valence-corrected chi connectivity index (χ0v) is 13.9. The summed E-state index contributed by atoms with van der Waals surface area (Å²) >= 11 is 0. The molecule has 0 amide bonds. The molecular formula is C18H21N5O. The topological polar surface area (TPSA) is 75.9 Å². The van der Waals surface area contributed by atoms with E-state index in [2.05, 4.69) is 27.3 Å². The molecule has 0 aliphatic carbocycles. The Labute approximate surface area is 141 Å². The summed E-state index contributed by atoms with van der Waals surface area (Å²) in [5, 5.41) is 16.9. The second kappa shape index (κ2) is 7.23. The lowest BCUT2D eigenvalue weighted by Gasteiger charge is -2.08. The number of aromatic nitrogens is 4. The average Bonchev–Trinajstić information content (AvgIpc) is 3.09. The number of aliphatic hydroxyl groups excluding tert-OH is 1. The van der Waals surface area contributed by atoms with Crippen LogP contribution in [0.5, 0.6) is 0 Å². The molecule has 2 heterocycles. The summed E-state index contributed by atoms with van der Waals surface area (Å²) in [6.45, 7) is 5.48. The monoisotopic (exact) mass is 323 g/mol. The van der Waals surface area contributed by atoms with Crippen LogP contribution in [0.25, 0.3) is 11.4 Å². The molecule has 0 aliphatic rings. The zero-order chi connectivity index (χ0) is 16.9. The number of hydrogen-bond donors (Lipinski definition) is 2. The minimum absolute atomic E-state index is 0.0621. The van der Waals surface area contributed by atoms with E-state index in [0.29, 0.717) is 12.4 Å². The maximum atomic E-state index is 9.09. The molecule has 2 N–H and O–H groups in total. The first-order chi connectivity index (χ1) is 11.7. The van der Waals surface area contributed by atoms with E-state index in [1.165, 1.54) is 0 Å². The quantitative estimate of drug-likeness (QED) is 0.729. The summed E-state index contributed by atoms with van der Waals surface area (Å²) < 4.78 is 1.88. The van der Waals surface area contributed by atoms with Crippen molar-refractivity contribution < 1.29 is 5.11 Å². The molecule has 6 heteroatoms. The molecule has 0 radical (unpaired) electrons. The lowest BCUT2D eigenvalue weighted by Crippen LogP contribution is -2.04. The Morgan fingerprint density at radius 1 is 1.04 bits per heavy atom. The van der Waals surface area contributed by atoms with Gasteiger partial charge in [-0.3, -0.25) is 4.68 Å². The fourth-order valence-electron chi connectivity index (χ4n) is 2.42. The Balaban J connectivity index is 1.75. The first kappa shape index (κ1) is 16.1. The smallest absolute Gasteiger partial charge is 0.130 e. The van der Waals surface area contributed by atoms with Gasteiger partial charge in [-0.1, -0.05) is 24.3 Å². The van der Waals surface area contributed by atoms with Crippen LogP contribution in [0.3, 0.4) is 0 Å². The van der Waals surface area contributed by atoms with E-state index in [-0.39, 0.29) is 6.61 Å². The van der Waals surface area contributed by atoms with E-state index in [1.807, 2.05) is 54.2 Å². The van der Waals surface area contributed by atoms with Gasteiger partial charge in [0.05, 0.1) is 12.3 Å². The van der Waals surface area contributed by atoms with Crippen LogP contribution in [0.15, 0.2) is 42.6 Å². The van der Waals surface area contributed by atoms with Gasteiger partial charge in [0.25, 0.3) is 0 Å². The van der Waals surface area contributed by atoms with Crippen molar-refractivity contribution in [2.45, 2.75) is 33.5 Å². The number of rotatable bonds is 6. The minimum Gasteiger partial charge on any atom is -0.392 e. The molecule has 6 nitrogen and oxygen atoms in total. The molecular weight excluding hydrogens is 302 g/mol. The molecule has 0 saturated heterocycles. The Kier molecular flexibility index (Phi) is 4.86. The standard InChI is InChI=1S/C18H21N5O/c1-3-23-9-8-16(22-23)17-10-18(21-13(2)20-17)19-11-14-4-6-15(12-24)7-5-14/h4-10,24H,3,11-12H2,1-2H3,(H,19,20,21). The summed E-state index contributed by atoms with van der Waals surface area (Å²) in [6, 6.07) is 11.7. The summed E-state index contributed by atoms with van der Waals surface area (Å²) in [5.74, 6) is 1.48. The summed E-state index contributed by atoms with van der Waals surface area (Å²) in [4.78, 5) is 8.91. The first-order valence-electron chi connectivity index (χ1n) is 8.00. The number of benzene rings is 1. The lowest BCUT2D eigenvalue weighted by atomic mass is 10.1. The lowest BCUT2D eigenvalue weighted by molar-refractivity contribution is 0.282. The molecule has 0 saturated carbocycles. The third kappa shape index (κ3) is 3.78. The van der Waals surface area contributed by atoms with Gasteiger partial charge >= 0.3 is 0 Å².